The number of hydrogen-bond donors (Lipinski definition) is 2. The Bertz CT molecular complexity index is 191. The maximum absolute atomic E-state index is 11.2. The number of carbonyl (C=O) groups excluding carboxylic acids is 2. The molecule has 13 heavy (non-hydrogen) atoms. The molecule has 0 aliphatic heterocycles. The number of ether oxygens (including phenoxy) is 1. The Morgan fingerprint density at radius 1 is 1.46 bits per heavy atom. The average molecular weight is 189 g/mol. The standard InChI is InChI=1S/C8H15NO4/c1-4-13-8(11)6(5(2)3)7(10)9-12/h5-6,12H,4H2,1-3H3,(H,9,10). The molecule has 0 aromatic heterocycles. The second-order valence-electron chi connectivity index (χ2n) is 2.95. The van der Waals surface area contributed by atoms with Crippen LogP contribution in [-0.2, 0) is 14.3 Å². The molecule has 0 rings (SSSR count). The molecule has 1 amide bonds. The summed E-state index contributed by atoms with van der Waals surface area (Å²) in [5.74, 6) is -2.48. The second kappa shape index (κ2) is 5.53. The number of hydrogen-bond acceptors (Lipinski definition) is 4. The summed E-state index contributed by atoms with van der Waals surface area (Å²) in [5, 5.41) is 8.36. The molecule has 5 heteroatoms. The number of rotatable bonds is 4. The van der Waals surface area contributed by atoms with E-state index in [9.17, 15) is 9.59 Å². The highest BCUT2D eigenvalue weighted by Gasteiger charge is 2.30. The quantitative estimate of drug-likeness (QED) is 0.289. The molecule has 0 aliphatic rings. The van der Waals surface area contributed by atoms with Crippen LogP contribution in [0.1, 0.15) is 20.8 Å². The van der Waals surface area contributed by atoms with E-state index in [0.717, 1.165) is 0 Å². The summed E-state index contributed by atoms with van der Waals surface area (Å²) in [6.45, 7) is 5.29. The summed E-state index contributed by atoms with van der Waals surface area (Å²) < 4.78 is 4.68. The average Bonchev–Trinajstić information content (AvgIpc) is 2.04. The van der Waals surface area contributed by atoms with Gasteiger partial charge in [-0.05, 0) is 12.8 Å². The molecule has 5 nitrogen and oxygen atoms in total. The van der Waals surface area contributed by atoms with E-state index in [0.29, 0.717) is 0 Å². The maximum Gasteiger partial charge on any atom is 0.318 e. The van der Waals surface area contributed by atoms with Crippen molar-refractivity contribution in [1.29, 1.82) is 0 Å². The zero-order valence-electron chi connectivity index (χ0n) is 8.03. The first-order chi connectivity index (χ1) is 6.04. The third kappa shape index (κ3) is 3.42. The van der Waals surface area contributed by atoms with Crippen LogP contribution in [0.25, 0.3) is 0 Å². The number of esters is 1. The molecule has 0 bridgehead atoms. The van der Waals surface area contributed by atoms with Crippen molar-refractivity contribution in [2.24, 2.45) is 11.8 Å². The van der Waals surface area contributed by atoms with Crippen LogP contribution in [0.15, 0.2) is 0 Å². The molecule has 0 saturated heterocycles. The zero-order chi connectivity index (χ0) is 10.4. The summed E-state index contributed by atoms with van der Waals surface area (Å²) in [4.78, 5) is 22.2. The van der Waals surface area contributed by atoms with Crippen molar-refractivity contribution in [1.82, 2.24) is 5.48 Å². The molecule has 0 aromatic carbocycles. The molecule has 0 saturated carbocycles. The van der Waals surface area contributed by atoms with Crippen molar-refractivity contribution in [3.8, 4) is 0 Å². The summed E-state index contributed by atoms with van der Waals surface area (Å²) in [6, 6.07) is 0. The Morgan fingerprint density at radius 3 is 2.31 bits per heavy atom. The normalized spacial score (nSPS) is 12.4. The molecule has 1 unspecified atom stereocenters. The van der Waals surface area contributed by atoms with Crippen molar-refractivity contribution in [3.63, 3.8) is 0 Å². The molecule has 0 aliphatic carbocycles. The highest BCUT2D eigenvalue weighted by Crippen LogP contribution is 2.12. The van der Waals surface area contributed by atoms with Crippen LogP contribution in [0.3, 0.4) is 0 Å². The van der Waals surface area contributed by atoms with Gasteiger partial charge in [-0.1, -0.05) is 13.8 Å². The fraction of sp³-hybridized carbons (Fsp3) is 0.750. The first-order valence-corrected chi connectivity index (χ1v) is 4.15. The van der Waals surface area contributed by atoms with Crippen LogP contribution in [0.4, 0.5) is 0 Å². The van der Waals surface area contributed by atoms with E-state index in [-0.39, 0.29) is 12.5 Å². The minimum absolute atomic E-state index is 0.203. The number of hydroxylamine groups is 1. The fourth-order valence-corrected chi connectivity index (χ4v) is 0.984. The van der Waals surface area contributed by atoms with E-state index in [2.05, 4.69) is 4.74 Å². The van der Waals surface area contributed by atoms with Gasteiger partial charge in [0.1, 0.15) is 5.92 Å². The summed E-state index contributed by atoms with van der Waals surface area (Å²) in [6.07, 6.45) is 0. The van der Waals surface area contributed by atoms with Crippen molar-refractivity contribution < 1.29 is 19.5 Å². The Labute approximate surface area is 77.0 Å². The molecule has 0 radical (unpaired) electrons. The Morgan fingerprint density at radius 2 is 2.00 bits per heavy atom. The molecule has 1 atom stereocenters. The van der Waals surface area contributed by atoms with E-state index in [1.807, 2.05) is 0 Å². The lowest BCUT2D eigenvalue weighted by Gasteiger charge is -2.16. The lowest BCUT2D eigenvalue weighted by Crippen LogP contribution is -2.37. The number of carbonyl (C=O) groups is 2. The van der Waals surface area contributed by atoms with Crippen LogP contribution in [-0.4, -0.2) is 23.7 Å². The van der Waals surface area contributed by atoms with Gasteiger partial charge in [0.15, 0.2) is 0 Å². The fourth-order valence-electron chi connectivity index (χ4n) is 0.984. The molecule has 0 aromatic rings. The van der Waals surface area contributed by atoms with Gasteiger partial charge < -0.3 is 4.74 Å². The topological polar surface area (TPSA) is 75.6 Å². The van der Waals surface area contributed by atoms with Crippen LogP contribution in [0.5, 0.6) is 0 Å². The van der Waals surface area contributed by atoms with Gasteiger partial charge in [-0.15, -0.1) is 0 Å². The van der Waals surface area contributed by atoms with Gasteiger partial charge in [-0.3, -0.25) is 14.8 Å². The van der Waals surface area contributed by atoms with Crippen molar-refractivity contribution >= 4 is 11.9 Å². The number of nitrogens with one attached hydrogen (secondary N) is 1. The van der Waals surface area contributed by atoms with Gasteiger partial charge in [0.25, 0.3) is 5.91 Å². The van der Waals surface area contributed by atoms with E-state index in [1.165, 1.54) is 5.48 Å². The van der Waals surface area contributed by atoms with E-state index < -0.39 is 17.8 Å². The Hall–Kier alpha value is -1.10. The Balaban J connectivity index is 4.41. The maximum atomic E-state index is 11.2. The number of amides is 1. The summed E-state index contributed by atoms with van der Waals surface area (Å²) in [7, 11) is 0. The summed E-state index contributed by atoms with van der Waals surface area (Å²) >= 11 is 0. The first-order valence-electron chi connectivity index (χ1n) is 4.15. The van der Waals surface area contributed by atoms with Crippen molar-refractivity contribution in [3.05, 3.63) is 0 Å². The third-order valence-corrected chi connectivity index (χ3v) is 1.60. The minimum atomic E-state index is -0.940. The highest BCUT2D eigenvalue weighted by molar-refractivity contribution is 5.97. The van der Waals surface area contributed by atoms with Crippen LogP contribution < -0.4 is 5.48 Å². The van der Waals surface area contributed by atoms with Gasteiger partial charge in [0, 0.05) is 0 Å². The van der Waals surface area contributed by atoms with Gasteiger partial charge in [0.05, 0.1) is 6.61 Å². The van der Waals surface area contributed by atoms with Gasteiger partial charge in [-0.2, -0.15) is 0 Å². The largest absolute Gasteiger partial charge is 0.465 e. The third-order valence-electron chi connectivity index (χ3n) is 1.60. The lowest BCUT2D eigenvalue weighted by molar-refractivity contribution is -0.156. The Kier molecular flexibility index (Phi) is 5.06. The molecule has 0 fully saturated rings. The van der Waals surface area contributed by atoms with Crippen LogP contribution in [0, 0.1) is 11.8 Å². The minimum Gasteiger partial charge on any atom is -0.465 e. The highest BCUT2D eigenvalue weighted by atomic mass is 16.5. The molecule has 2 N–H and O–H groups in total. The second-order valence-corrected chi connectivity index (χ2v) is 2.95. The van der Waals surface area contributed by atoms with Crippen LogP contribution in [0.2, 0.25) is 0 Å². The van der Waals surface area contributed by atoms with Crippen molar-refractivity contribution in [2.45, 2.75) is 20.8 Å². The SMILES string of the molecule is CCOC(=O)C(C(=O)NO)C(C)C. The lowest BCUT2D eigenvalue weighted by atomic mass is 9.95. The predicted octanol–water partition coefficient (Wildman–Crippen LogP) is 0.327. The molecule has 0 spiro atoms. The monoisotopic (exact) mass is 189 g/mol. The van der Waals surface area contributed by atoms with Crippen LogP contribution >= 0.6 is 0 Å². The van der Waals surface area contributed by atoms with E-state index >= 15 is 0 Å². The van der Waals surface area contributed by atoms with Gasteiger partial charge >= 0.3 is 5.97 Å². The zero-order valence-corrected chi connectivity index (χ0v) is 8.03. The van der Waals surface area contributed by atoms with E-state index in [1.54, 1.807) is 20.8 Å². The van der Waals surface area contributed by atoms with Crippen molar-refractivity contribution in [2.75, 3.05) is 6.61 Å². The first kappa shape index (κ1) is 11.9. The van der Waals surface area contributed by atoms with Gasteiger partial charge in [0.2, 0.25) is 0 Å². The molecular weight excluding hydrogens is 174 g/mol. The van der Waals surface area contributed by atoms with E-state index in [4.69, 9.17) is 5.21 Å². The predicted molar refractivity (Wildman–Crippen MR) is 44.9 cm³/mol. The summed E-state index contributed by atoms with van der Waals surface area (Å²) in [5.41, 5.74) is 1.45. The molecule has 76 valence electrons. The molecular formula is C8H15NO4. The van der Waals surface area contributed by atoms with Gasteiger partial charge in [-0.25, -0.2) is 5.48 Å². The smallest absolute Gasteiger partial charge is 0.318 e. The molecule has 0 heterocycles.